The van der Waals surface area contributed by atoms with Crippen molar-refractivity contribution < 1.29 is 18.0 Å². The van der Waals surface area contributed by atoms with Crippen LogP contribution in [-0.2, 0) is 11.2 Å². The fraction of sp³-hybridized carbons (Fsp3) is 0.300. The van der Waals surface area contributed by atoms with Gasteiger partial charge in [0.25, 0.3) is 0 Å². The van der Waals surface area contributed by atoms with Gasteiger partial charge in [-0.05, 0) is 17.7 Å². The maximum absolute atomic E-state index is 11.9. The molecule has 0 bridgehead atoms. The van der Waals surface area contributed by atoms with E-state index in [-0.39, 0.29) is 15.6 Å². The first-order chi connectivity index (χ1) is 7.29. The minimum Gasteiger partial charge on any atom is -0.299 e. The van der Waals surface area contributed by atoms with Crippen molar-refractivity contribution in [2.45, 2.75) is 19.0 Å². The number of carbonyl (C=O) groups excluding carboxylic acids is 1. The molecule has 0 saturated carbocycles. The minimum atomic E-state index is -4.50. The van der Waals surface area contributed by atoms with Gasteiger partial charge in [0.05, 0.1) is 0 Å². The summed E-state index contributed by atoms with van der Waals surface area (Å²) >= 11 is 11.5. The summed E-state index contributed by atoms with van der Waals surface area (Å²) in [4.78, 5) is 11.1. The predicted molar refractivity (Wildman–Crippen MR) is 55.8 cm³/mol. The van der Waals surface area contributed by atoms with E-state index in [0.29, 0.717) is 0 Å². The Labute approximate surface area is 100 Å². The number of alkyl halides is 3. The lowest BCUT2D eigenvalue weighted by molar-refractivity contribution is -0.151. The van der Waals surface area contributed by atoms with E-state index in [1.807, 2.05) is 0 Å². The Hall–Kier alpha value is -0.740. The van der Waals surface area contributed by atoms with Crippen LogP contribution >= 0.6 is 23.2 Å². The Bertz CT molecular complexity index is 381. The fourth-order valence-electron chi connectivity index (χ4n) is 1.18. The Balaban J connectivity index is 2.78. The normalized spacial score (nSPS) is 11.6. The van der Waals surface area contributed by atoms with Crippen molar-refractivity contribution in [1.29, 1.82) is 0 Å². The van der Waals surface area contributed by atoms with Crippen molar-refractivity contribution in [1.82, 2.24) is 0 Å². The summed E-state index contributed by atoms with van der Waals surface area (Å²) in [6.07, 6.45) is -6.36. The van der Waals surface area contributed by atoms with Crippen LogP contribution in [0.1, 0.15) is 12.0 Å². The topological polar surface area (TPSA) is 17.1 Å². The molecule has 88 valence electrons. The summed E-state index contributed by atoms with van der Waals surface area (Å²) in [6, 6.07) is 4.51. The van der Waals surface area contributed by atoms with Gasteiger partial charge in [0.1, 0.15) is 12.2 Å². The molecule has 1 nitrogen and oxygen atoms in total. The van der Waals surface area contributed by atoms with Crippen LogP contribution in [0, 0.1) is 0 Å². The number of hydrogen-bond donors (Lipinski definition) is 0. The van der Waals surface area contributed by atoms with Gasteiger partial charge in [0, 0.05) is 16.5 Å². The summed E-state index contributed by atoms with van der Waals surface area (Å²) in [5.74, 6) is -0.956. The monoisotopic (exact) mass is 270 g/mol. The first-order valence-corrected chi connectivity index (χ1v) is 5.06. The molecule has 0 radical (unpaired) electrons. The summed E-state index contributed by atoms with van der Waals surface area (Å²) in [7, 11) is 0. The van der Waals surface area contributed by atoms with Crippen molar-refractivity contribution in [3.8, 4) is 0 Å². The second-order valence-electron chi connectivity index (χ2n) is 3.21. The zero-order valence-electron chi connectivity index (χ0n) is 7.94. The number of Topliss-reactive ketones (excluding diaryl/α,β-unsaturated/α-hetero) is 1. The van der Waals surface area contributed by atoms with E-state index in [1.54, 1.807) is 6.07 Å². The molecule has 0 spiro atoms. The lowest BCUT2D eigenvalue weighted by atomic mass is 10.1. The van der Waals surface area contributed by atoms with Crippen LogP contribution in [0.2, 0.25) is 10.0 Å². The Morgan fingerprint density at radius 1 is 1.19 bits per heavy atom. The third kappa shape index (κ3) is 4.02. The highest BCUT2D eigenvalue weighted by molar-refractivity contribution is 6.36. The molecule has 0 fully saturated rings. The molecule has 1 aromatic carbocycles. The van der Waals surface area contributed by atoms with Gasteiger partial charge in [0.15, 0.2) is 0 Å². The predicted octanol–water partition coefficient (Wildman–Crippen LogP) is 4.06. The SMILES string of the molecule is O=C(Cc1c(Cl)cccc1Cl)CC(F)(F)F. The summed E-state index contributed by atoms with van der Waals surface area (Å²) in [6.45, 7) is 0. The third-order valence-corrected chi connectivity index (χ3v) is 2.54. The molecular weight excluding hydrogens is 264 g/mol. The van der Waals surface area contributed by atoms with Crippen LogP contribution in [0.3, 0.4) is 0 Å². The maximum atomic E-state index is 11.9. The molecule has 0 saturated heterocycles. The van der Waals surface area contributed by atoms with Gasteiger partial charge >= 0.3 is 6.18 Å². The molecule has 0 amide bonds. The van der Waals surface area contributed by atoms with Crippen LogP contribution in [0.25, 0.3) is 0 Å². The molecule has 1 aromatic rings. The van der Waals surface area contributed by atoms with E-state index in [1.165, 1.54) is 12.1 Å². The number of rotatable bonds is 3. The number of halogens is 5. The molecular formula is C10H7Cl2F3O. The van der Waals surface area contributed by atoms with Crippen LogP contribution in [0.4, 0.5) is 13.2 Å². The van der Waals surface area contributed by atoms with Crippen LogP contribution in [-0.4, -0.2) is 12.0 Å². The second-order valence-corrected chi connectivity index (χ2v) is 4.02. The van der Waals surface area contributed by atoms with Gasteiger partial charge in [-0.1, -0.05) is 29.3 Å². The van der Waals surface area contributed by atoms with Gasteiger partial charge in [-0.2, -0.15) is 13.2 Å². The molecule has 0 heterocycles. The van der Waals surface area contributed by atoms with Gasteiger partial charge in [-0.15, -0.1) is 0 Å². The molecule has 1 rings (SSSR count). The lowest BCUT2D eigenvalue weighted by Crippen LogP contribution is -2.16. The van der Waals surface area contributed by atoms with E-state index in [0.717, 1.165) is 0 Å². The largest absolute Gasteiger partial charge is 0.395 e. The zero-order chi connectivity index (χ0) is 12.3. The van der Waals surface area contributed by atoms with E-state index < -0.39 is 24.8 Å². The van der Waals surface area contributed by atoms with E-state index in [2.05, 4.69) is 0 Å². The van der Waals surface area contributed by atoms with Crippen molar-refractivity contribution in [2.24, 2.45) is 0 Å². The lowest BCUT2D eigenvalue weighted by Gasteiger charge is -2.08. The van der Waals surface area contributed by atoms with Crippen LogP contribution in [0.5, 0.6) is 0 Å². The molecule has 0 unspecified atom stereocenters. The smallest absolute Gasteiger partial charge is 0.299 e. The Morgan fingerprint density at radius 3 is 2.12 bits per heavy atom. The average molecular weight is 271 g/mol. The molecule has 0 N–H and O–H groups in total. The maximum Gasteiger partial charge on any atom is 0.395 e. The van der Waals surface area contributed by atoms with Gasteiger partial charge in [-0.3, -0.25) is 4.79 Å². The Morgan fingerprint density at radius 2 is 1.69 bits per heavy atom. The summed E-state index contributed by atoms with van der Waals surface area (Å²) in [5, 5.41) is 0.394. The Kier molecular flexibility index (Phi) is 4.21. The van der Waals surface area contributed by atoms with Crippen molar-refractivity contribution >= 4 is 29.0 Å². The molecule has 0 aliphatic carbocycles. The van der Waals surface area contributed by atoms with Crippen LogP contribution in [0.15, 0.2) is 18.2 Å². The highest BCUT2D eigenvalue weighted by Crippen LogP contribution is 2.27. The quantitative estimate of drug-likeness (QED) is 0.810. The van der Waals surface area contributed by atoms with Crippen molar-refractivity contribution in [2.75, 3.05) is 0 Å². The summed E-state index contributed by atoms with van der Waals surface area (Å²) in [5.41, 5.74) is 0.236. The highest BCUT2D eigenvalue weighted by Gasteiger charge is 2.31. The van der Waals surface area contributed by atoms with Gasteiger partial charge < -0.3 is 0 Å². The second kappa shape index (κ2) is 5.06. The van der Waals surface area contributed by atoms with E-state index in [9.17, 15) is 18.0 Å². The molecule has 0 aromatic heterocycles. The first-order valence-electron chi connectivity index (χ1n) is 4.31. The van der Waals surface area contributed by atoms with Crippen molar-refractivity contribution in [3.63, 3.8) is 0 Å². The zero-order valence-corrected chi connectivity index (χ0v) is 9.46. The van der Waals surface area contributed by atoms with Crippen molar-refractivity contribution in [3.05, 3.63) is 33.8 Å². The number of ketones is 1. The molecule has 0 aliphatic heterocycles. The average Bonchev–Trinajstić information content (AvgIpc) is 2.08. The number of carbonyl (C=O) groups is 1. The van der Waals surface area contributed by atoms with Crippen LogP contribution < -0.4 is 0 Å². The highest BCUT2D eigenvalue weighted by atomic mass is 35.5. The summed E-state index contributed by atoms with van der Waals surface area (Å²) < 4.78 is 35.8. The van der Waals surface area contributed by atoms with Gasteiger partial charge in [0.2, 0.25) is 0 Å². The molecule has 0 aliphatic rings. The first kappa shape index (κ1) is 13.3. The third-order valence-electron chi connectivity index (χ3n) is 1.83. The molecule has 0 atom stereocenters. The fourth-order valence-corrected chi connectivity index (χ4v) is 1.72. The van der Waals surface area contributed by atoms with Gasteiger partial charge in [-0.25, -0.2) is 0 Å². The number of hydrogen-bond acceptors (Lipinski definition) is 1. The molecule has 6 heteroatoms. The standard InChI is InChI=1S/C10H7Cl2F3O/c11-8-2-1-3-9(12)7(8)4-6(16)5-10(13,14)15/h1-3H,4-5H2. The van der Waals surface area contributed by atoms with E-state index >= 15 is 0 Å². The van der Waals surface area contributed by atoms with E-state index in [4.69, 9.17) is 23.2 Å². The minimum absolute atomic E-state index is 0.197. The molecule has 16 heavy (non-hydrogen) atoms. The number of benzene rings is 1.